The van der Waals surface area contributed by atoms with E-state index in [0.717, 1.165) is 23.4 Å². The van der Waals surface area contributed by atoms with Crippen LogP contribution in [0.4, 0.5) is 5.82 Å². The van der Waals surface area contributed by atoms with E-state index in [-0.39, 0.29) is 0 Å². The Labute approximate surface area is 116 Å². The van der Waals surface area contributed by atoms with E-state index in [1.54, 1.807) is 0 Å². The van der Waals surface area contributed by atoms with Gasteiger partial charge in [-0.25, -0.2) is 4.98 Å². The van der Waals surface area contributed by atoms with Crippen molar-refractivity contribution in [2.24, 2.45) is 0 Å². The van der Waals surface area contributed by atoms with Crippen molar-refractivity contribution in [2.45, 2.75) is 31.9 Å². The van der Waals surface area contributed by atoms with Crippen LogP contribution in [0.5, 0.6) is 0 Å². The molecule has 2 heterocycles. The van der Waals surface area contributed by atoms with Crippen LogP contribution in [0.2, 0.25) is 0 Å². The second-order valence-electron chi connectivity index (χ2n) is 5.16. The zero-order valence-corrected chi connectivity index (χ0v) is 13.1. The van der Waals surface area contributed by atoms with Crippen molar-refractivity contribution in [3.63, 3.8) is 0 Å². The lowest BCUT2D eigenvalue weighted by atomic mass is 10.1. The van der Waals surface area contributed by atoms with Gasteiger partial charge in [-0.15, -0.1) is 0 Å². The van der Waals surface area contributed by atoms with Crippen LogP contribution in [0.15, 0.2) is 16.7 Å². The van der Waals surface area contributed by atoms with Crippen LogP contribution in [0, 0.1) is 6.92 Å². The number of hydrogen-bond donors (Lipinski definition) is 0. The molecule has 94 valence electrons. The summed E-state index contributed by atoms with van der Waals surface area (Å²) in [7, 11) is 0. The standard InChI is InChI=1S/C13H19BrN2S/c1-10-8-11(14)12(15-9-10)16-5-4-13(2,3)17-7-6-16/h8-9H,4-7H2,1-3H3. The van der Waals surface area contributed by atoms with Gasteiger partial charge in [-0.3, -0.25) is 0 Å². The molecule has 0 bridgehead atoms. The molecule has 0 aromatic carbocycles. The Kier molecular flexibility index (Phi) is 4.03. The molecule has 0 spiro atoms. The number of thioether (sulfide) groups is 1. The number of anilines is 1. The van der Waals surface area contributed by atoms with Crippen LogP contribution in [-0.2, 0) is 0 Å². The second-order valence-corrected chi connectivity index (χ2v) is 7.82. The maximum Gasteiger partial charge on any atom is 0.142 e. The van der Waals surface area contributed by atoms with E-state index in [0.29, 0.717) is 4.75 Å². The van der Waals surface area contributed by atoms with Crippen LogP contribution in [0.1, 0.15) is 25.8 Å². The Bertz CT molecular complexity index is 406. The molecule has 17 heavy (non-hydrogen) atoms. The molecule has 2 rings (SSSR count). The molecule has 0 N–H and O–H groups in total. The molecule has 0 saturated carbocycles. The smallest absolute Gasteiger partial charge is 0.142 e. The first-order valence-corrected chi connectivity index (χ1v) is 7.77. The molecule has 1 saturated heterocycles. The number of aryl methyl sites for hydroxylation is 1. The van der Waals surface area contributed by atoms with Crippen LogP contribution >= 0.6 is 27.7 Å². The minimum Gasteiger partial charge on any atom is -0.355 e. The molecule has 0 unspecified atom stereocenters. The van der Waals surface area contributed by atoms with Gasteiger partial charge < -0.3 is 4.90 Å². The average molecular weight is 315 g/mol. The topological polar surface area (TPSA) is 16.1 Å². The van der Waals surface area contributed by atoms with E-state index in [1.807, 2.05) is 6.20 Å². The Morgan fingerprint density at radius 1 is 1.41 bits per heavy atom. The van der Waals surface area contributed by atoms with Crippen LogP contribution < -0.4 is 4.90 Å². The van der Waals surface area contributed by atoms with Crippen molar-refractivity contribution in [2.75, 3.05) is 23.7 Å². The molecule has 2 nitrogen and oxygen atoms in total. The monoisotopic (exact) mass is 314 g/mol. The van der Waals surface area contributed by atoms with Gasteiger partial charge in [0.2, 0.25) is 0 Å². The molecular formula is C13H19BrN2S. The third-order valence-corrected chi connectivity index (χ3v) is 5.05. The fourth-order valence-electron chi connectivity index (χ4n) is 1.99. The largest absolute Gasteiger partial charge is 0.355 e. The molecule has 1 aromatic rings. The minimum absolute atomic E-state index is 0.395. The summed E-state index contributed by atoms with van der Waals surface area (Å²) in [5.74, 6) is 2.27. The Morgan fingerprint density at radius 3 is 2.88 bits per heavy atom. The van der Waals surface area contributed by atoms with Crippen molar-refractivity contribution in [1.29, 1.82) is 0 Å². The predicted molar refractivity (Wildman–Crippen MR) is 80.0 cm³/mol. The fourth-order valence-corrected chi connectivity index (χ4v) is 3.81. The van der Waals surface area contributed by atoms with Gasteiger partial charge in [-0.1, -0.05) is 13.8 Å². The van der Waals surface area contributed by atoms with Gasteiger partial charge in [-0.2, -0.15) is 11.8 Å². The zero-order valence-electron chi connectivity index (χ0n) is 10.7. The molecule has 0 radical (unpaired) electrons. The highest BCUT2D eigenvalue weighted by molar-refractivity contribution is 9.10. The van der Waals surface area contributed by atoms with E-state index in [9.17, 15) is 0 Å². The summed E-state index contributed by atoms with van der Waals surface area (Å²) >= 11 is 5.69. The number of nitrogens with zero attached hydrogens (tertiary/aromatic N) is 2. The number of aromatic nitrogens is 1. The average Bonchev–Trinajstić information content (AvgIpc) is 2.40. The molecule has 1 aliphatic heterocycles. The van der Waals surface area contributed by atoms with Crippen molar-refractivity contribution < 1.29 is 0 Å². The first kappa shape index (κ1) is 13.2. The van der Waals surface area contributed by atoms with E-state index in [4.69, 9.17) is 0 Å². The molecule has 0 aliphatic carbocycles. The van der Waals surface area contributed by atoms with Crippen molar-refractivity contribution >= 4 is 33.5 Å². The third kappa shape index (κ3) is 3.38. The first-order chi connectivity index (χ1) is 7.98. The molecule has 1 fully saturated rings. The first-order valence-electron chi connectivity index (χ1n) is 5.99. The summed E-state index contributed by atoms with van der Waals surface area (Å²) in [5.41, 5.74) is 1.20. The summed E-state index contributed by atoms with van der Waals surface area (Å²) < 4.78 is 1.51. The van der Waals surface area contributed by atoms with Gasteiger partial charge in [0.15, 0.2) is 0 Å². The van der Waals surface area contributed by atoms with Gasteiger partial charge in [-0.05, 0) is 40.9 Å². The Balaban J connectivity index is 2.17. The van der Waals surface area contributed by atoms with Gasteiger partial charge in [0, 0.05) is 29.8 Å². The number of pyridine rings is 1. The number of hydrogen-bond acceptors (Lipinski definition) is 3. The molecule has 0 amide bonds. The van der Waals surface area contributed by atoms with Gasteiger partial charge in [0.25, 0.3) is 0 Å². The normalized spacial score (nSPS) is 20.1. The lowest BCUT2D eigenvalue weighted by Crippen LogP contribution is -2.28. The number of rotatable bonds is 1. The van der Waals surface area contributed by atoms with Gasteiger partial charge >= 0.3 is 0 Å². The van der Waals surface area contributed by atoms with Gasteiger partial charge in [0.05, 0.1) is 4.47 Å². The van der Waals surface area contributed by atoms with Crippen LogP contribution in [-0.4, -0.2) is 28.6 Å². The van der Waals surface area contributed by atoms with E-state index >= 15 is 0 Å². The SMILES string of the molecule is Cc1cnc(N2CCSC(C)(C)CC2)c(Br)c1. The summed E-state index contributed by atoms with van der Waals surface area (Å²) in [6, 6.07) is 2.14. The van der Waals surface area contributed by atoms with Crippen molar-refractivity contribution in [3.05, 3.63) is 22.3 Å². The van der Waals surface area contributed by atoms with Crippen LogP contribution in [0.3, 0.4) is 0 Å². The van der Waals surface area contributed by atoms with Gasteiger partial charge in [0.1, 0.15) is 5.82 Å². The molecular weight excluding hydrogens is 296 g/mol. The molecule has 1 aliphatic rings. The lowest BCUT2D eigenvalue weighted by molar-refractivity contribution is 0.634. The van der Waals surface area contributed by atoms with Crippen molar-refractivity contribution in [1.82, 2.24) is 4.98 Å². The highest BCUT2D eigenvalue weighted by Crippen LogP contribution is 2.33. The maximum atomic E-state index is 4.56. The zero-order chi connectivity index (χ0) is 12.5. The van der Waals surface area contributed by atoms with E-state index < -0.39 is 0 Å². The molecule has 4 heteroatoms. The predicted octanol–water partition coefficient (Wildman–Crippen LogP) is 3.87. The minimum atomic E-state index is 0.395. The van der Waals surface area contributed by atoms with E-state index in [2.05, 4.69) is 64.4 Å². The summed E-state index contributed by atoms with van der Waals surface area (Å²) in [6.45, 7) is 8.91. The Morgan fingerprint density at radius 2 is 2.18 bits per heavy atom. The third-order valence-electron chi connectivity index (χ3n) is 3.10. The summed E-state index contributed by atoms with van der Waals surface area (Å²) in [5, 5.41) is 0. The quantitative estimate of drug-likeness (QED) is 0.782. The highest BCUT2D eigenvalue weighted by Gasteiger charge is 2.24. The highest BCUT2D eigenvalue weighted by atomic mass is 79.9. The fraction of sp³-hybridized carbons (Fsp3) is 0.615. The Hall–Kier alpha value is -0.220. The molecule has 1 aromatic heterocycles. The van der Waals surface area contributed by atoms with E-state index in [1.165, 1.54) is 17.7 Å². The number of halogens is 1. The lowest BCUT2D eigenvalue weighted by Gasteiger charge is -2.24. The summed E-state index contributed by atoms with van der Waals surface area (Å²) in [6.07, 6.45) is 3.16. The molecule has 0 atom stereocenters. The van der Waals surface area contributed by atoms with Crippen molar-refractivity contribution in [3.8, 4) is 0 Å². The van der Waals surface area contributed by atoms with Crippen LogP contribution in [0.25, 0.3) is 0 Å². The second kappa shape index (κ2) is 5.19. The summed E-state index contributed by atoms with van der Waals surface area (Å²) in [4.78, 5) is 6.95. The maximum absolute atomic E-state index is 4.56.